The van der Waals surface area contributed by atoms with Crippen molar-refractivity contribution in [1.29, 1.82) is 0 Å². The molecule has 0 radical (unpaired) electrons. The highest BCUT2D eigenvalue weighted by molar-refractivity contribution is 5.88. The minimum Gasteiger partial charge on any atom is -0.507 e. The van der Waals surface area contributed by atoms with Gasteiger partial charge in [-0.05, 0) is 18.2 Å². The van der Waals surface area contributed by atoms with Gasteiger partial charge in [-0.2, -0.15) is 0 Å². The van der Waals surface area contributed by atoms with Gasteiger partial charge in [0.15, 0.2) is 23.5 Å². The number of aliphatic hydroxyl groups is 7. The molecule has 0 bridgehead atoms. The maximum Gasteiger partial charge on any atom is 0.239 e. The van der Waals surface area contributed by atoms with Gasteiger partial charge in [-0.25, -0.2) is 0 Å². The number of fused-ring (bicyclic) bond motifs is 1. The van der Waals surface area contributed by atoms with Crippen LogP contribution in [0.2, 0.25) is 0 Å². The third-order valence-corrected chi connectivity index (χ3v) is 7.58. The first-order valence-corrected chi connectivity index (χ1v) is 13.5. The van der Waals surface area contributed by atoms with Gasteiger partial charge < -0.3 is 79.2 Å². The normalized spacial score (nSPS) is 32.0. The summed E-state index contributed by atoms with van der Waals surface area (Å²) in [6.07, 6.45) is -17.8. The van der Waals surface area contributed by atoms with E-state index in [-0.39, 0.29) is 28.0 Å². The quantitative estimate of drug-likeness (QED) is 0.115. The predicted molar refractivity (Wildman–Crippen MR) is 146 cm³/mol. The van der Waals surface area contributed by atoms with Crippen LogP contribution in [0.5, 0.6) is 28.7 Å². The van der Waals surface area contributed by atoms with E-state index >= 15 is 0 Å². The van der Waals surface area contributed by atoms with Crippen LogP contribution in [-0.2, 0) is 14.2 Å². The average molecular weight is 641 g/mol. The Labute approximate surface area is 252 Å². The Hall–Kier alpha value is -3.75. The molecule has 2 aromatic carbocycles. The maximum atomic E-state index is 13.8. The van der Waals surface area contributed by atoms with Gasteiger partial charge in [0.05, 0.1) is 20.3 Å². The van der Waals surface area contributed by atoms with Gasteiger partial charge in [0, 0.05) is 17.7 Å². The second-order valence-electron chi connectivity index (χ2n) is 10.4. The summed E-state index contributed by atoms with van der Waals surface area (Å²) < 4.78 is 33.2. The van der Waals surface area contributed by atoms with Gasteiger partial charge >= 0.3 is 0 Å². The van der Waals surface area contributed by atoms with Gasteiger partial charge in [0.1, 0.15) is 71.3 Å². The third-order valence-electron chi connectivity index (χ3n) is 7.58. The lowest BCUT2D eigenvalue weighted by molar-refractivity contribution is -0.352. The largest absolute Gasteiger partial charge is 0.507 e. The molecule has 0 spiro atoms. The van der Waals surface area contributed by atoms with Gasteiger partial charge in [0.25, 0.3) is 0 Å². The summed E-state index contributed by atoms with van der Waals surface area (Å²) in [6.45, 7) is -1.66. The van der Waals surface area contributed by atoms with E-state index in [1.54, 1.807) is 0 Å². The highest BCUT2D eigenvalue weighted by Gasteiger charge is 2.51. The van der Waals surface area contributed by atoms with E-state index in [9.17, 15) is 55.9 Å². The summed E-state index contributed by atoms with van der Waals surface area (Å²) in [6, 6.07) is 5.81. The Morgan fingerprint density at radius 3 is 2.07 bits per heavy atom. The number of hydrogen-bond acceptors (Lipinski definition) is 17. The molecule has 246 valence electrons. The Morgan fingerprint density at radius 2 is 1.42 bits per heavy atom. The summed E-state index contributed by atoms with van der Waals surface area (Å²) >= 11 is 0. The summed E-state index contributed by atoms with van der Waals surface area (Å²) in [4.78, 5) is 13.8. The smallest absolute Gasteiger partial charge is 0.239 e. The molecule has 3 aromatic rings. The lowest BCUT2D eigenvalue weighted by atomic mass is 9.97. The van der Waals surface area contributed by atoms with Crippen molar-refractivity contribution in [3.05, 3.63) is 40.6 Å². The molecule has 3 heterocycles. The monoisotopic (exact) mass is 640 g/mol. The SMILES string of the molecule is COc1cc(O)c2c(=O)c(O[C@@H]3OC(CO)[C@@H](O)[C@H](O[C@@H]4OC(CO)[C@@H](O)[C@H](O)C4O)C3O)c(-c3ccc(O)c(O)c3)oc2c1. The van der Waals surface area contributed by atoms with Crippen LogP contribution in [0.3, 0.4) is 0 Å². The van der Waals surface area contributed by atoms with Crippen molar-refractivity contribution in [2.24, 2.45) is 0 Å². The number of phenolic OH excluding ortho intramolecular Hbond substituents is 3. The standard InChI is InChI=1S/C28H32O17/c1-40-10-5-13(33)17-14(6-10)41-24(9-2-3-11(31)12(32)4-9)26(20(17)36)45-28-23(39)25(19(35)16(8-30)43-28)44-27-22(38)21(37)18(34)15(7-29)42-27/h2-6,15-16,18-19,21-23,25,27-35,37-39H,7-8H2,1H3/t15?,16?,18-,19-,21+,22?,23?,25+,27+,28+/m1/s1. The minimum absolute atomic E-state index is 0.0141. The fourth-order valence-corrected chi connectivity index (χ4v) is 5.10. The lowest BCUT2D eigenvalue weighted by Gasteiger charge is -2.45. The third kappa shape index (κ3) is 5.98. The Bertz CT molecular complexity index is 1570. The first-order chi connectivity index (χ1) is 21.4. The minimum atomic E-state index is -2.02. The summed E-state index contributed by atoms with van der Waals surface area (Å²) in [5, 5.41) is 102. The van der Waals surface area contributed by atoms with Crippen molar-refractivity contribution in [1.82, 2.24) is 0 Å². The highest BCUT2D eigenvalue weighted by atomic mass is 16.7. The number of aliphatic hydroxyl groups excluding tert-OH is 7. The van der Waals surface area contributed by atoms with Crippen LogP contribution >= 0.6 is 0 Å². The van der Waals surface area contributed by atoms with E-state index in [0.29, 0.717) is 0 Å². The van der Waals surface area contributed by atoms with Crippen molar-refractivity contribution in [3.63, 3.8) is 0 Å². The molecule has 2 saturated heterocycles. The number of benzene rings is 2. The molecule has 1 aromatic heterocycles. The number of phenols is 3. The molecule has 2 aliphatic rings. The van der Waals surface area contributed by atoms with Crippen LogP contribution in [0.4, 0.5) is 0 Å². The maximum absolute atomic E-state index is 13.8. The molecule has 10 N–H and O–H groups in total. The number of methoxy groups -OCH3 is 1. The molecule has 0 aliphatic carbocycles. The van der Waals surface area contributed by atoms with Gasteiger partial charge in [-0.15, -0.1) is 0 Å². The molecular weight excluding hydrogens is 608 g/mol. The Kier molecular flexibility index (Phi) is 9.38. The fourth-order valence-electron chi connectivity index (χ4n) is 5.10. The van der Waals surface area contributed by atoms with Crippen molar-refractivity contribution in [2.75, 3.05) is 20.3 Å². The van der Waals surface area contributed by atoms with Crippen molar-refractivity contribution in [3.8, 4) is 40.1 Å². The number of rotatable bonds is 8. The molecule has 0 saturated carbocycles. The van der Waals surface area contributed by atoms with Crippen LogP contribution in [0, 0.1) is 0 Å². The first-order valence-electron chi connectivity index (χ1n) is 13.5. The summed E-state index contributed by atoms with van der Waals surface area (Å²) in [5.74, 6) is -2.60. The first kappa shape index (κ1) is 32.6. The van der Waals surface area contributed by atoms with Gasteiger partial charge in [0.2, 0.25) is 17.5 Å². The van der Waals surface area contributed by atoms with E-state index in [2.05, 4.69) is 0 Å². The molecule has 17 nitrogen and oxygen atoms in total. The average Bonchev–Trinajstić information content (AvgIpc) is 3.02. The zero-order valence-corrected chi connectivity index (χ0v) is 23.4. The number of aromatic hydroxyl groups is 3. The van der Waals surface area contributed by atoms with Gasteiger partial charge in [-0.1, -0.05) is 0 Å². The second-order valence-corrected chi connectivity index (χ2v) is 10.4. The Balaban J connectivity index is 1.56. The summed E-state index contributed by atoms with van der Waals surface area (Å²) in [7, 11) is 1.31. The fraction of sp³-hybridized carbons (Fsp3) is 0.464. The van der Waals surface area contributed by atoms with Crippen LogP contribution in [0.15, 0.2) is 39.5 Å². The Morgan fingerprint density at radius 1 is 0.756 bits per heavy atom. The van der Waals surface area contributed by atoms with Crippen LogP contribution in [0.25, 0.3) is 22.3 Å². The molecule has 2 aliphatic heterocycles. The number of ether oxygens (including phenoxy) is 5. The molecular formula is C28H32O17. The van der Waals surface area contributed by atoms with Crippen LogP contribution < -0.4 is 14.9 Å². The van der Waals surface area contributed by atoms with Crippen molar-refractivity contribution in [2.45, 2.75) is 61.4 Å². The zero-order valence-electron chi connectivity index (χ0n) is 23.4. The molecule has 0 amide bonds. The van der Waals surface area contributed by atoms with E-state index < -0.39 is 103 Å². The molecule has 17 heteroatoms. The van der Waals surface area contributed by atoms with E-state index in [1.165, 1.54) is 19.2 Å². The molecule has 4 unspecified atom stereocenters. The van der Waals surface area contributed by atoms with Crippen molar-refractivity contribution < 1.29 is 79.2 Å². The van der Waals surface area contributed by atoms with Gasteiger partial charge in [-0.3, -0.25) is 4.79 Å². The molecule has 45 heavy (non-hydrogen) atoms. The molecule has 10 atom stereocenters. The van der Waals surface area contributed by atoms with Crippen LogP contribution in [-0.4, -0.2) is 133 Å². The second kappa shape index (κ2) is 12.9. The van der Waals surface area contributed by atoms with E-state index in [4.69, 9.17) is 28.1 Å². The lowest BCUT2D eigenvalue weighted by Crippen LogP contribution is -2.65. The highest BCUT2D eigenvalue weighted by Crippen LogP contribution is 2.40. The zero-order chi connectivity index (χ0) is 32.7. The topological polar surface area (TPSA) is 279 Å². The van der Waals surface area contributed by atoms with E-state index in [0.717, 1.165) is 18.2 Å². The predicted octanol–water partition coefficient (Wildman–Crippen LogP) is -2.41. The van der Waals surface area contributed by atoms with E-state index in [1.807, 2.05) is 0 Å². The van der Waals surface area contributed by atoms with Crippen LogP contribution in [0.1, 0.15) is 0 Å². The van der Waals surface area contributed by atoms with Crippen molar-refractivity contribution >= 4 is 11.0 Å². The molecule has 2 fully saturated rings. The summed E-state index contributed by atoms with van der Waals surface area (Å²) in [5.41, 5.74) is -1.18. The number of hydrogen-bond donors (Lipinski definition) is 10. The molecule has 5 rings (SSSR count).